The summed E-state index contributed by atoms with van der Waals surface area (Å²) in [6.45, 7) is 1.92. The van der Waals surface area contributed by atoms with Gasteiger partial charge in [-0.3, -0.25) is 0 Å². The van der Waals surface area contributed by atoms with Gasteiger partial charge in [0, 0.05) is 24.3 Å². The normalized spacial score (nSPS) is 21.6. The molecular weight excluding hydrogens is 402 g/mol. The number of carbonyl (C=O) groups is 2. The van der Waals surface area contributed by atoms with Crippen molar-refractivity contribution in [3.8, 4) is 5.75 Å². The molecule has 2 heterocycles. The zero-order valence-corrected chi connectivity index (χ0v) is 17.4. The molecule has 2 aliphatic heterocycles. The summed E-state index contributed by atoms with van der Waals surface area (Å²) in [5.41, 5.74) is 3.10. The van der Waals surface area contributed by atoms with Crippen molar-refractivity contribution in [1.82, 2.24) is 4.90 Å². The topological polar surface area (TPSA) is 106 Å². The van der Waals surface area contributed by atoms with Gasteiger partial charge in [0.1, 0.15) is 12.4 Å². The third-order valence-corrected chi connectivity index (χ3v) is 4.74. The first kappa shape index (κ1) is 22.5. The van der Waals surface area contributed by atoms with Crippen molar-refractivity contribution in [2.45, 2.75) is 18.5 Å². The summed E-state index contributed by atoms with van der Waals surface area (Å²) in [4.78, 5) is 21.2. The number of para-hydroxylation sites is 1. The molecule has 2 aliphatic rings. The maximum absolute atomic E-state index is 9.55. The number of rotatable bonds is 4. The maximum atomic E-state index is 9.55. The van der Waals surface area contributed by atoms with E-state index in [1.807, 2.05) is 50.5 Å². The molecule has 4 rings (SSSR count). The second-order valence-electron chi connectivity index (χ2n) is 7.38. The van der Waals surface area contributed by atoms with Gasteiger partial charge in [-0.15, -0.1) is 0 Å². The number of benzene rings is 2. The minimum Gasteiger partial charge on any atom is -0.488 e. The summed E-state index contributed by atoms with van der Waals surface area (Å²) in [5.74, 6) is -2.56. The van der Waals surface area contributed by atoms with Crippen molar-refractivity contribution in [2.24, 2.45) is 0 Å². The van der Waals surface area contributed by atoms with Crippen LogP contribution in [0.3, 0.4) is 0 Å². The predicted molar refractivity (Wildman–Crippen MR) is 112 cm³/mol. The summed E-state index contributed by atoms with van der Waals surface area (Å²) in [6.07, 6.45) is 1.15. The Kier molecular flexibility index (Phi) is 7.06. The molecular formula is C23H25NO7. The molecule has 2 N–H and O–H groups in total. The standard InChI is InChI=1S/C19H21NO3.C4H4O4/c1-20(2)11-15-13-22-19(23-15)16-8-4-3-7-14(16)12-21-18-10-6-5-9-17(18)19;5-3(6)1-2-4(7)8/h3-10,15H,11-13H2,1-2H3;1-2H,(H,5,6)(H,7,8)/b;2-1-. The minimum atomic E-state index is -1.26. The highest BCUT2D eigenvalue weighted by Crippen LogP contribution is 2.47. The SMILES string of the molecule is CN(C)CC1COC2(O1)c1ccccc1COc1ccccc12.O=C(O)/C=C\C(=O)O. The van der Waals surface area contributed by atoms with Gasteiger partial charge in [-0.25, -0.2) is 9.59 Å². The van der Waals surface area contributed by atoms with Gasteiger partial charge in [0.15, 0.2) is 0 Å². The molecule has 0 saturated carbocycles. The summed E-state index contributed by atoms with van der Waals surface area (Å²) in [6, 6.07) is 16.2. The Balaban J connectivity index is 0.000000293. The molecule has 2 aromatic rings. The van der Waals surface area contributed by atoms with Crippen LogP contribution in [0, 0.1) is 0 Å². The number of ether oxygens (including phenoxy) is 3. The van der Waals surface area contributed by atoms with Crippen LogP contribution in [0.2, 0.25) is 0 Å². The quantitative estimate of drug-likeness (QED) is 0.717. The monoisotopic (exact) mass is 427 g/mol. The predicted octanol–water partition coefficient (Wildman–Crippen LogP) is 2.47. The van der Waals surface area contributed by atoms with Crippen LogP contribution >= 0.6 is 0 Å². The Morgan fingerprint density at radius 1 is 1.03 bits per heavy atom. The van der Waals surface area contributed by atoms with Crippen LogP contribution in [-0.2, 0) is 31.5 Å². The van der Waals surface area contributed by atoms with Crippen molar-refractivity contribution in [1.29, 1.82) is 0 Å². The van der Waals surface area contributed by atoms with Crippen molar-refractivity contribution in [2.75, 3.05) is 27.2 Å². The molecule has 0 aliphatic carbocycles. The first-order valence-corrected chi connectivity index (χ1v) is 9.73. The maximum Gasteiger partial charge on any atom is 0.328 e. The molecule has 1 saturated heterocycles. The van der Waals surface area contributed by atoms with E-state index in [9.17, 15) is 9.59 Å². The summed E-state index contributed by atoms with van der Waals surface area (Å²) < 4.78 is 18.8. The summed E-state index contributed by atoms with van der Waals surface area (Å²) >= 11 is 0. The molecule has 8 heteroatoms. The molecule has 0 bridgehead atoms. The number of carboxylic acid groups (broad SMARTS) is 2. The van der Waals surface area contributed by atoms with Crippen LogP contribution in [0.1, 0.15) is 16.7 Å². The van der Waals surface area contributed by atoms with Crippen molar-refractivity contribution in [3.05, 3.63) is 77.4 Å². The van der Waals surface area contributed by atoms with Crippen LogP contribution in [0.4, 0.5) is 0 Å². The lowest BCUT2D eigenvalue weighted by Crippen LogP contribution is -2.33. The van der Waals surface area contributed by atoms with Crippen LogP contribution < -0.4 is 4.74 Å². The van der Waals surface area contributed by atoms with E-state index < -0.39 is 17.7 Å². The summed E-state index contributed by atoms with van der Waals surface area (Å²) in [7, 11) is 4.10. The van der Waals surface area contributed by atoms with E-state index in [0.717, 1.165) is 29.0 Å². The molecule has 164 valence electrons. The molecule has 1 spiro atoms. The highest BCUT2D eigenvalue weighted by Gasteiger charge is 2.48. The average molecular weight is 427 g/mol. The molecule has 2 unspecified atom stereocenters. The number of carboxylic acids is 2. The van der Waals surface area contributed by atoms with Crippen molar-refractivity contribution in [3.63, 3.8) is 0 Å². The van der Waals surface area contributed by atoms with Crippen LogP contribution in [-0.4, -0.2) is 60.4 Å². The van der Waals surface area contributed by atoms with Gasteiger partial charge < -0.3 is 29.3 Å². The van der Waals surface area contributed by atoms with Crippen LogP contribution in [0.5, 0.6) is 5.75 Å². The van der Waals surface area contributed by atoms with E-state index in [2.05, 4.69) is 17.0 Å². The molecule has 1 fully saturated rings. The van der Waals surface area contributed by atoms with E-state index >= 15 is 0 Å². The molecule has 31 heavy (non-hydrogen) atoms. The van der Waals surface area contributed by atoms with E-state index in [1.54, 1.807) is 0 Å². The molecule has 0 aromatic heterocycles. The van der Waals surface area contributed by atoms with E-state index in [4.69, 9.17) is 24.4 Å². The Morgan fingerprint density at radius 3 is 2.29 bits per heavy atom. The fourth-order valence-electron chi connectivity index (χ4n) is 3.57. The van der Waals surface area contributed by atoms with Gasteiger partial charge in [0.25, 0.3) is 0 Å². The highest BCUT2D eigenvalue weighted by atomic mass is 16.7. The van der Waals surface area contributed by atoms with Gasteiger partial charge in [0.05, 0.1) is 18.3 Å². The number of hydrogen-bond acceptors (Lipinski definition) is 6. The summed E-state index contributed by atoms with van der Waals surface area (Å²) in [5, 5.41) is 15.6. The lowest BCUT2D eigenvalue weighted by molar-refractivity contribution is -0.144. The molecule has 0 radical (unpaired) electrons. The largest absolute Gasteiger partial charge is 0.488 e. The lowest BCUT2D eigenvalue weighted by atomic mass is 9.93. The Morgan fingerprint density at radius 2 is 1.65 bits per heavy atom. The molecule has 0 amide bonds. The Hall–Kier alpha value is -3.20. The first-order chi connectivity index (χ1) is 14.8. The fraction of sp³-hybridized carbons (Fsp3) is 0.304. The van der Waals surface area contributed by atoms with Crippen molar-refractivity contribution >= 4 is 11.9 Å². The zero-order valence-electron chi connectivity index (χ0n) is 17.4. The Labute approximate surface area is 180 Å². The number of hydrogen-bond donors (Lipinski definition) is 2. The smallest absolute Gasteiger partial charge is 0.328 e. The van der Waals surface area contributed by atoms with Crippen LogP contribution in [0.25, 0.3) is 0 Å². The zero-order chi connectivity index (χ0) is 22.4. The number of likely N-dealkylation sites (N-methyl/N-ethyl adjacent to an activating group) is 1. The highest BCUT2D eigenvalue weighted by molar-refractivity contribution is 5.89. The van der Waals surface area contributed by atoms with Gasteiger partial charge in [-0.05, 0) is 31.8 Å². The Bertz CT molecular complexity index is 906. The minimum absolute atomic E-state index is 0.0317. The van der Waals surface area contributed by atoms with Gasteiger partial charge >= 0.3 is 11.9 Å². The third kappa shape index (κ3) is 5.29. The van der Waals surface area contributed by atoms with Gasteiger partial charge in [0.2, 0.25) is 5.79 Å². The van der Waals surface area contributed by atoms with E-state index in [1.165, 1.54) is 0 Å². The lowest BCUT2D eigenvalue weighted by Gasteiger charge is -2.30. The van der Waals surface area contributed by atoms with Crippen molar-refractivity contribution < 1.29 is 34.0 Å². The third-order valence-electron chi connectivity index (χ3n) is 4.74. The average Bonchev–Trinajstić information content (AvgIpc) is 3.09. The number of nitrogens with zero attached hydrogens (tertiary/aromatic N) is 1. The first-order valence-electron chi connectivity index (χ1n) is 9.73. The van der Waals surface area contributed by atoms with Gasteiger partial charge in [-0.2, -0.15) is 0 Å². The second-order valence-corrected chi connectivity index (χ2v) is 7.38. The van der Waals surface area contributed by atoms with Gasteiger partial charge in [-0.1, -0.05) is 36.4 Å². The van der Waals surface area contributed by atoms with Crippen LogP contribution in [0.15, 0.2) is 60.7 Å². The number of aliphatic carboxylic acids is 2. The molecule has 2 atom stereocenters. The van der Waals surface area contributed by atoms with E-state index in [-0.39, 0.29) is 6.10 Å². The fourth-order valence-corrected chi connectivity index (χ4v) is 3.57. The molecule has 8 nitrogen and oxygen atoms in total. The number of fused-ring (bicyclic) bond motifs is 4. The van der Waals surface area contributed by atoms with E-state index in [0.29, 0.717) is 25.4 Å². The second kappa shape index (κ2) is 9.74. The molecule has 2 aromatic carbocycles.